The molecule has 14 heteroatoms. The summed E-state index contributed by atoms with van der Waals surface area (Å²) in [6.45, 7) is 3.27. The number of amides is 6. The number of aliphatic hydroxyl groups excluding tert-OH is 1. The smallest absolute Gasteiger partial charge is 0.262 e. The highest BCUT2D eigenvalue weighted by Gasteiger charge is 2.45. The molecule has 59 heavy (non-hydrogen) atoms. The second-order valence-electron chi connectivity index (χ2n) is 15.8. The molecule has 3 aromatic carbocycles. The third-order valence-electron chi connectivity index (χ3n) is 11.9. The monoisotopic (exact) mass is 800 g/mol. The summed E-state index contributed by atoms with van der Waals surface area (Å²) in [5.41, 5.74) is 7.28. The Morgan fingerprint density at radius 3 is 2.64 bits per heavy atom. The van der Waals surface area contributed by atoms with E-state index in [1.165, 1.54) is 5.56 Å². The molecule has 0 radical (unpaired) electrons. The van der Waals surface area contributed by atoms with Crippen molar-refractivity contribution in [3.8, 4) is 17.0 Å². The number of aromatic nitrogens is 2. The van der Waals surface area contributed by atoms with Crippen molar-refractivity contribution < 1.29 is 38.6 Å². The van der Waals surface area contributed by atoms with Gasteiger partial charge in [0.15, 0.2) is 0 Å². The van der Waals surface area contributed by atoms with Crippen LogP contribution in [0.15, 0.2) is 54.7 Å². The van der Waals surface area contributed by atoms with E-state index in [4.69, 9.17) is 9.72 Å². The quantitative estimate of drug-likeness (QED) is 0.0998. The Morgan fingerprint density at radius 2 is 1.83 bits per heavy atom. The molecule has 14 nitrogen and oxygen atoms in total. The molecule has 8 rings (SSSR count). The first-order valence-corrected chi connectivity index (χ1v) is 20.6. The Kier molecular flexibility index (Phi) is 11.4. The molecule has 0 bridgehead atoms. The fourth-order valence-electron chi connectivity index (χ4n) is 8.70. The van der Waals surface area contributed by atoms with Crippen molar-refractivity contribution in [1.29, 1.82) is 0 Å². The van der Waals surface area contributed by atoms with E-state index in [1.54, 1.807) is 30.3 Å². The lowest BCUT2D eigenvalue weighted by atomic mass is 9.98. The number of aliphatic hydroxyl groups is 1. The van der Waals surface area contributed by atoms with Gasteiger partial charge in [0.05, 0.1) is 36.1 Å². The first-order valence-electron chi connectivity index (χ1n) is 20.6. The predicted molar refractivity (Wildman–Crippen MR) is 215 cm³/mol. The number of carbonyl (C=O) groups excluding carboxylic acids is 6. The molecule has 3 aliphatic heterocycles. The number of rotatable bonds is 15. The second kappa shape index (κ2) is 17.0. The van der Waals surface area contributed by atoms with Crippen molar-refractivity contribution in [2.45, 2.75) is 103 Å². The number of piperidine rings is 1. The molecule has 1 saturated heterocycles. The van der Waals surface area contributed by atoms with Crippen molar-refractivity contribution in [3.63, 3.8) is 0 Å². The molecule has 4 N–H and O–H groups in total. The van der Waals surface area contributed by atoms with Crippen molar-refractivity contribution in [2.75, 3.05) is 13.2 Å². The summed E-state index contributed by atoms with van der Waals surface area (Å²) in [6, 6.07) is 13.7. The highest BCUT2D eigenvalue weighted by atomic mass is 16.5. The van der Waals surface area contributed by atoms with Gasteiger partial charge < -0.3 is 25.0 Å². The van der Waals surface area contributed by atoms with Crippen LogP contribution in [0, 0.1) is 6.92 Å². The maximum absolute atomic E-state index is 13.6. The number of nitrogens with one attached hydrogen (secondary N) is 3. The number of imide groups is 2. The van der Waals surface area contributed by atoms with Crippen LogP contribution in [0.3, 0.4) is 0 Å². The third-order valence-corrected chi connectivity index (χ3v) is 11.9. The standard InChI is InChI=1S/C45H48N6O8/c1-26-31(25-52)21-30(42(55)48-34-15-14-27-12-13-29(22-33(27)34)35-24-50-19-5-10-38(50)47-35)23-37(26)59-20-6-18-46-39(53)11-3-2-7-28-8-4-9-32-41(28)45(58)51(44(32)57)36-16-17-40(54)49-43(36)56/h4,8-9,12-13,21-24,34,36,52H,2-3,5-7,10-11,14-20,25H2,1H3,(H,46,53)(H,48,55)(H,49,54,56)/t34-,36?/m1/s1. The minimum atomic E-state index is -1.02. The highest BCUT2D eigenvalue weighted by molar-refractivity contribution is 6.24. The van der Waals surface area contributed by atoms with Crippen LogP contribution in [0.4, 0.5) is 0 Å². The topological polar surface area (TPSA) is 189 Å². The summed E-state index contributed by atoms with van der Waals surface area (Å²) in [5.74, 6) is -0.893. The normalized spacial score (nSPS) is 18.1. The van der Waals surface area contributed by atoms with Crippen molar-refractivity contribution in [3.05, 3.63) is 105 Å². The molecular formula is C45H48N6O8. The molecule has 4 aromatic rings. The van der Waals surface area contributed by atoms with E-state index >= 15 is 0 Å². The van der Waals surface area contributed by atoms with Gasteiger partial charge in [-0.3, -0.25) is 39.0 Å². The van der Waals surface area contributed by atoms with E-state index in [-0.39, 0.29) is 61.5 Å². The Labute approximate surface area is 341 Å². The van der Waals surface area contributed by atoms with Crippen molar-refractivity contribution in [2.24, 2.45) is 0 Å². The molecule has 4 aliphatic rings. The van der Waals surface area contributed by atoms with E-state index in [2.05, 4.69) is 44.9 Å². The SMILES string of the molecule is Cc1c(CO)cc(C(=O)N[C@@H]2CCc3ccc(-c4cn5c(n4)CCC5)cc32)cc1OCCCNC(=O)CCCCc1cccc2c1C(=O)N(C1CCC(=O)NC1=O)C2=O. The van der Waals surface area contributed by atoms with Gasteiger partial charge in [-0.2, -0.15) is 0 Å². The van der Waals surface area contributed by atoms with Gasteiger partial charge in [0, 0.05) is 49.7 Å². The van der Waals surface area contributed by atoms with E-state index in [9.17, 15) is 33.9 Å². The average molecular weight is 801 g/mol. The molecular weight excluding hydrogens is 753 g/mol. The van der Waals surface area contributed by atoms with E-state index in [0.29, 0.717) is 54.7 Å². The van der Waals surface area contributed by atoms with Crippen molar-refractivity contribution >= 4 is 35.4 Å². The number of hydrogen-bond donors (Lipinski definition) is 4. The third kappa shape index (κ3) is 8.14. The number of nitrogens with zero attached hydrogens (tertiary/aromatic N) is 3. The predicted octanol–water partition coefficient (Wildman–Crippen LogP) is 4.41. The summed E-state index contributed by atoms with van der Waals surface area (Å²) in [6.07, 6.45) is 8.48. The number of carbonyl (C=O) groups is 6. The zero-order chi connectivity index (χ0) is 41.2. The van der Waals surface area contributed by atoms with Gasteiger partial charge in [-0.25, -0.2) is 4.98 Å². The first kappa shape index (κ1) is 39.7. The molecule has 306 valence electrons. The molecule has 0 spiro atoms. The van der Waals surface area contributed by atoms with Gasteiger partial charge in [0.2, 0.25) is 17.7 Å². The number of imidazole rings is 1. The zero-order valence-corrected chi connectivity index (χ0v) is 33.1. The number of ether oxygens (including phenoxy) is 1. The van der Waals surface area contributed by atoms with Crippen LogP contribution >= 0.6 is 0 Å². The largest absolute Gasteiger partial charge is 0.493 e. The fourth-order valence-corrected chi connectivity index (χ4v) is 8.70. The van der Waals surface area contributed by atoms with Crippen LogP contribution in [0.2, 0.25) is 0 Å². The Hall–Kier alpha value is -6.15. The van der Waals surface area contributed by atoms with Crippen LogP contribution in [0.1, 0.15) is 122 Å². The maximum atomic E-state index is 13.6. The lowest BCUT2D eigenvalue weighted by Gasteiger charge is -2.27. The Morgan fingerprint density at radius 1 is 0.966 bits per heavy atom. The second-order valence-corrected chi connectivity index (χ2v) is 15.8. The maximum Gasteiger partial charge on any atom is 0.262 e. The van der Waals surface area contributed by atoms with Crippen molar-refractivity contribution in [1.82, 2.24) is 30.4 Å². The molecule has 1 unspecified atom stereocenters. The van der Waals surface area contributed by atoms with Gasteiger partial charge >= 0.3 is 0 Å². The molecule has 1 aliphatic carbocycles. The molecule has 6 amide bonds. The van der Waals surface area contributed by atoms with Crippen LogP contribution in [-0.4, -0.2) is 74.2 Å². The number of benzene rings is 3. The van der Waals surface area contributed by atoms with Gasteiger partial charge in [-0.1, -0.05) is 24.3 Å². The molecule has 1 aromatic heterocycles. The lowest BCUT2D eigenvalue weighted by Crippen LogP contribution is -2.54. The average Bonchev–Trinajstić information content (AvgIpc) is 4.00. The fraction of sp³-hybridized carbons (Fsp3) is 0.400. The Bertz CT molecular complexity index is 2350. The van der Waals surface area contributed by atoms with Gasteiger partial charge in [-0.05, 0) is 110 Å². The van der Waals surface area contributed by atoms with Crippen LogP contribution in [-0.2, 0) is 46.8 Å². The summed E-state index contributed by atoms with van der Waals surface area (Å²) >= 11 is 0. The zero-order valence-electron chi connectivity index (χ0n) is 33.1. The van der Waals surface area contributed by atoms with Crippen LogP contribution in [0.5, 0.6) is 5.75 Å². The number of fused-ring (bicyclic) bond motifs is 3. The lowest BCUT2D eigenvalue weighted by molar-refractivity contribution is -0.136. The minimum absolute atomic E-state index is 0.0541. The van der Waals surface area contributed by atoms with Gasteiger partial charge in [0.1, 0.15) is 17.6 Å². The number of hydrogen-bond acceptors (Lipinski definition) is 9. The molecule has 2 atom stereocenters. The highest BCUT2D eigenvalue weighted by Crippen LogP contribution is 2.36. The molecule has 1 fully saturated rings. The number of unbranched alkanes of at least 4 members (excludes halogenated alkanes) is 1. The first-order chi connectivity index (χ1) is 28.6. The van der Waals surface area contributed by atoms with Crippen LogP contribution in [0.25, 0.3) is 11.3 Å². The summed E-state index contributed by atoms with van der Waals surface area (Å²) < 4.78 is 8.30. The Balaban J connectivity index is 0.791. The molecule has 0 saturated carbocycles. The van der Waals surface area contributed by atoms with E-state index in [0.717, 1.165) is 65.3 Å². The summed E-state index contributed by atoms with van der Waals surface area (Å²) in [7, 11) is 0. The minimum Gasteiger partial charge on any atom is -0.493 e. The number of aryl methyl sites for hydroxylation is 4. The summed E-state index contributed by atoms with van der Waals surface area (Å²) in [5, 5.41) is 18.5. The van der Waals surface area contributed by atoms with Gasteiger partial charge in [-0.15, -0.1) is 0 Å². The van der Waals surface area contributed by atoms with E-state index < -0.39 is 29.7 Å². The van der Waals surface area contributed by atoms with E-state index in [1.807, 2.05) is 6.92 Å². The summed E-state index contributed by atoms with van der Waals surface area (Å²) in [4.78, 5) is 82.6. The molecule has 4 heterocycles. The van der Waals surface area contributed by atoms with Gasteiger partial charge in [0.25, 0.3) is 17.7 Å². The van der Waals surface area contributed by atoms with Crippen LogP contribution < -0.4 is 20.7 Å².